The maximum atomic E-state index is 13.7. The standard InChI is InChI=1S/C12H11F6NO2/c1-2-21-10(20)11(14,15)9(19)8-6(12(16,17)18)4-3-5-7(8)13/h3-5,9H,2,19H2,1H3/t9-/m1/s1. The monoisotopic (exact) mass is 315 g/mol. The van der Waals surface area contributed by atoms with E-state index in [1.54, 1.807) is 0 Å². The highest BCUT2D eigenvalue weighted by atomic mass is 19.4. The van der Waals surface area contributed by atoms with E-state index in [1.165, 1.54) is 6.92 Å². The number of esters is 1. The minimum absolute atomic E-state index is 0.402. The van der Waals surface area contributed by atoms with Crippen molar-refractivity contribution >= 4 is 5.97 Å². The second-order valence-corrected chi connectivity index (χ2v) is 4.02. The molecular formula is C12H11F6NO2. The van der Waals surface area contributed by atoms with Gasteiger partial charge in [0.05, 0.1) is 12.2 Å². The van der Waals surface area contributed by atoms with Gasteiger partial charge in [0.1, 0.15) is 11.9 Å². The van der Waals surface area contributed by atoms with Gasteiger partial charge < -0.3 is 10.5 Å². The molecule has 0 fully saturated rings. The lowest BCUT2D eigenvalue weighted by Crippen LogP contribution is -2.43. The van der Waals surface area contributed by atoms with E-state index in [2.05, 4.69) is 4.74 Å². The molecule has 0 aliphatic carbocycles. The van der Waals surface area contributed by atoms with Crippen LogP contribution in [0.3, 0.4) is 0 Å². The average Bonchev–Trinajstić information content (AvgIpc) is 2.36. The summed E-state index contributed by atoms with van der Waals surface area (Å²) in [5, 5.41) is 0. The molecule has 0 saturated heterocycles. The zero-order valence-electron chi connectivity index (χ0n) is 10.7. The molecule has 118 valence electrons. The summed E-state index contributed by atoms with van der Waals surface area (Å²) in [6.07, 6.45) is -5.10. The van der Waals surface area contributed by atoms with Crippen molar-refractivity contribution in [2.24, 2.45) is 5.73 Å². The summed E-state index contributed by atoms with van der Waals surface area (Å²) in [4.78, 5) is 11.1. The molecule has 0 aliphatic heterocycles. The molecule has 0 heterocycles. The first-order chi connectivity index (χ1) is 9.53. The molecule has 0 unspecified atom stereocenters. The normalized spacial score (nSPS) is 13.9. The molecule has 2 N–H and O–H groups in total. The Kier molecular flexibility index (Phi) is 4.87. The fraction of sp³-hybridized carbons (Fsp3) is 0.417. The molecule has 0 spiro atoms. The molecule has 0 aliphatic rings. The number of carbonyl (C=O) groups is 1. The summed E-state index contributed by atoms with van der Waals surface area (Å²) >= 11 is 0. The maximum absolute atomic E-state index is 13.7. The molecule has 1 aromatic rings. The van der Waals surface area contributed by atoms with E-state index in [4.69, 9.17) is 5.73 Å². The fourth-order valence-corrected chi connectivity index (χ4v) is 1.64. The highest BCUT2D eigenvalue weighted by molar-refractivity contribution is 5.79. The zero-order valence-corrected chi connectivity index (χ0v) is 10.7. The minimum Gasteiger partial charge on any atom is -0.462 e. The van der Waals surface area contributed by atoms with E-state index in [-0.39, 0.29) is 0 Å². The van der Waals surface area contributed by atoms with Gasteiger partial charge >= 0.3 is 18.1 Å². The third kappa shape index (κ3) is 3.46. The highest BCUT2D eigenvalue weighted by Gasteiger charge is 2.51. The Labute approximate surface area is 115 Å². The van der Waals surface area contributed by atoms with Gasteiger partial charge in [-0.2, -0.15) is 22.0 Å². The third-order valence-corrected chi connectivity index (χ3v) is 2.61. The van der Waals surface area contributed by atoms with Crippen LogP contribution in [0.4, 0.5) is 26.3 Å². The van der Waals surface area contributed by atoms with Crippen molar-refractivity contribution in [3.8, 4) is 0 Å². The van der Waals surface area contributed by atoms with Crippen LogP contribution >= 0.6 is 0 Å². The Bertz CT molecular complexity index is 529. The summed E-state index contributed by atoms with van der Waals surface area (Å²) in [5.41, 5.74) is 1.86. The summed E-state index contributed by atoms with van der Waals surface area (Å²) in [5.74, 6) is -8.20. The number of hydrogen-bond donors (Lipinski definition) is 1. The van der Waals surface area contributed by atoms with Crippen LogP contribution in [-0.2, 0) is 15.7 Å². The first-order valence-electron chi connectivity index (χ1n) is 5.69. The number of halogens is 6. The van der Waals surface area contributed by atoms with Gasteiger partial charge in [0.15, 0.2) is 0 Å². The van der Waals surface area contributed by atoms with Crippen molar-refractivity contribution in [1.82, 2.24) is 0 Å². The molecule has 0 radical (unpaired) electrons. The van der Waals surface area contributed by atoms with Gasteiger partial charge in [-0.1, -0.05) is 6.07 Å². The Hall–Kier alpha value is -1.77. The summed E-state index contributed by atoms with van der Waals surface area (Å²) in [6.45, 7) is 0.800. The van der Waals surface area contributed by atoms with E-state index in [1.807, 2.05) is 0 Å². The second kappa shape index (κ2) is 5.92. The number of carbonyl (C=O) groups excluding carboxylic acids is 1. The zero-order chi connectivity index (χ0) is 16.4. The Morgan fingerprint density at radius 2 is 1.86 bits per heavy atom. The van der Waals surface area contributed by atoms with Gasteiger partial charge in [-0.25, -0.2) is 9.18 Å². The highest BCUT2D eigenvalue weighted by Crippen LogP contribution is 2.40. The largest absolute Gasteiger partial charge is 0.462 e. The van der Waals surface area contributed by atoms with Crippen LogP contribution in [0.2, 0.25) is 0 Å². The van der Waals surface area contributed by atoms with Crippen LogP contribution in [0.15, 0.2) is 18.2 Å². The van der Waals surface area contributed by atoms with Gasteiger partial charge in [0, 0.05) is 5.56 Å². The predicted molar refractivity (Wildman–Crippen MR) is 59.9 cm³/mol. The number of benzene rings is 1. The van der Waals surface area contributed by atoms with Crippen molar-refractivity contribution in [3.63, 3.8) is 0 Å². The molecular weight excluding hydrogens is 304 g/mol. The van der Waals surface area contributed by atoms with E-state index in [0.29, 0.717) is 18.2 Å². The Balaban J connectivity index is 3.36. The molecule has 21 heavy (non-hydrogen) atoms. The number of rotatable bonds is 4. The molecule has 1 rings (SSSR count). The van der Waals surface area contributed by atoms with Crippen molar-refractivity contribution in [3.05, 3.63) is 35.1 Å². The number of nitrogens with two attached hydrogens (primary N) is 1. The van der Waals surface area contributed by atoms with Crippen LogP contribution in [-0.4, -0.2) is 18.5 Å². The molecule has 0 aromatic heterocycles. The Morgan fingerprint density at radius 3 is 2.33 bits per heavy atom. The Morgan fingerprint density at radius 1 is 1.29 bits per heavy atom. The second-order valence-electron chi connectivity index (χ2n) is 4.02. The SMILES string of the molecule is CCOC(=O)C(F)(F)[C@H](N)c1c(F)cccc1C(F)(F)F. The van der Waals surface area contributed by atoms with Crippen molar-refractivity contribution in [2.75, 3.05) is 6.61 Å². The van der Waals surface area contributed by atoms with E-state index >= 15 is 0 Å². The maximum Gasteiger partial charge on any atom is 0.416 e. The minimum atomic E-state index is -5.10. The molecule has 1 aromatic carbocycles. The van der Waals surface area contributed by atoms with Crippen LogP contribution in [0.1, 0.15) is 24.1 Å². The average molecular weight is 315 g/mol. The molecule has 1 atom stereocenters. The van der Waals surface area contributed by atoms with Crippen molar-refractivity contribution < 1.29 is 35.9 Å². The first-order valence-corrected chi connectivity index (χ1v) is 5.69. The van der Waals surface area contributed by atoms with Crippen molar-refractivity contribution in [1.29, 1.82) is 0 Å². The van der Waals surface area contributed by atoms with Crippen molar-refractivity contribution in [2.45, 2.75) is 25.1 Å². The molecule has 0 bridgehead atoms. The summed E-state index contributed by atoms with van der Waals surface area (Å²) in [6, 6.07) is -1.17. The topological polar surface area (TPSA) is 52.3 Å². The van der Waals surface area contributed by atoms with Crippen LogP contribution < -0.4 is 5.73 Å². The summed E-state index contributed by atoms with van der Waals surface area (Å²) < 4.78 is 83.2. The van der Waals surface area contributed by atoms with E-state index in [0.717, 1.165) is 0 Å². The summed E-state index contributed by atoms with van der Waals surface area (Å²) in [7, 11) is 0. The molecule has 0 amide bonds. The lowest BCUT2D eigenvalue weighted by atomic mass is 9.95. The van der Waals surface area contributed by atoms with E-state index in [9.17, 15) is 31.1 Å². The molecule has 9 heteroatoms. The third-order valence-electron chi connectivity index (χ3n) is 2.61. The van der Waals surface area contributed by atoms with Crippen LogP contribution in [0.5, 0.6) is 0 Å². The van der Waals surface area contributed by atoms with Crippen LogP contribution in [0.25, 0.3) is 0 Å². The van der Waals surface area contributed by atoms with Gasteiger partial charge in [-0.3, -0.25) is 0 Å². The number of ether oxygens (including phenoxy) is 1. The van der Waals surface area contributed by atoms with Crippen LogP contribution in [0, 0.1) is 5.82 Å². The van der Waals surface area contributed by atoms with Gasteiger partial charge in [-0.05, 0) is 19.1 Å². The van der Waals surface area contributed by atoms with Gasteiger partial charge in [0.2, 0.25) is 0 Å². The van der Waals surface area contributed by atoms with E-state index < -0.39 is 47.7 Å². The molecule has 3 nitrogen and oxygen atoms in total. The lowest BCUT2D eigenvalue weighted by molar-refractivity contribution is -0.175. The molecule has 0 saturated carbocycles. The number of hydrogen-bond acceptors (Lipinski definition) is 3. The smallest absolute Gasteiger partial charge is 0.416 e. The lowest BCUT2D eigenvalue weighted by Gasteiger charge is -2.24. The number of alkyl halides is 5. The first kappa shape index (κ1) is 17.3. The van der Waals surface area contributed by atoms with Gasteiger partial charge in [-0.15, -0.1) is 0 Å². The quantitative estimate of drug-likeness (QED) is 0.686. The fourth-order valence-electron chi connectivity index (χ4n) is 1.64. The van der Waals surface area contributed by atoms with Gasteiger partial charge in [0.25, 0.3) is 0 Å². The predicted octanol–water partition coefficient (Wildman–Crippen LogP) is 3.04.